The summed E-state index contributed by atoms with van der Waals surface area (Å²) in [5.74, 6) is 0.619. The molecule has 1 fully saturated rings. The third kappa shape index (κ3) is 5.02. The maximum atomic E-state index is 11.2. The van der Waals surface area contributed by atoms with Gasteiger partial charge in [0.2, 0.25) is 0 Å². The second kappa shape index (κ2) is 5.95. The van der Waals surface area contributed by atoms with Crippen molar-refractivity contribution in [1.82, 2.24) is 0 Å². The van der Waals surface area contributed by atoms with Gasteiger partial charge in [-0.1, -0.05) is 13.3 Å². The molecule has 0 saturated heterocycles. The van der Waals surface area contributed by atoms with E-state index < -0.39 is 12.3 Å². The summed E-state index contributed by atoms with van der Waals surface area (Å²) >= 11 is 0. The number of carbonyl (C=O) groups excluding carboxylic acids is 1. The third-order valence-electron chi connectivity index (χ3n) is 2.59. The molecule has 1 aliphatic rings. The molecule has 0 spiro atoms. The molecule has 15 heavy (non-hydrogen) atoms. The molecule has 1 saturated carbocycles. The molecular weight excluding hydrogens is 196 g/mol. The summed E-state index contributed by atoms with van der Waals surface area (Å²) in [5, 5.41) is 8.92. The van der Waals surface area contributed by atoms with Gasteiger partial charge in [-0.3, -0.25) is 0 Å². The molecule has 0 bridgehead atoms. The SMILES string of the molecule is CC(O)COC(=O)OC1CCCC(C)C1. The highest BCUT2D eigenvalue weighted by Gasteiger charge is 2.22. The van der Waals surface area contributed by atoms with Crippen LogP contribution in [0.2, 0.25) is 0 Å². The summed E-state index contributed by atoms with van der Waals surface area (Å²) in [6.07, 6.45) is 2.86. The van der Waals surface area contributed by atoms with Gasteiger partial charge in [0.15, 0.2) is 0 Å². The lowest BCUT2D eigenvalue weighted by atomic mass is 9.89. The number of ether oxygens (including phenoxy) is 2. The Bertz CT molecular complexity index is 203. The topological polar surface area (TPSA) is 55.8 Å². The smallest absolute Gasteiger partial charge is 0.432 e. The van der Waals surface area contributed by atoms with Crippen LogP contribution in [0.15, 0.2) is 0 Å². The molecule has 0 amide bonds. The number of carbonyl (C=O) groups is 1. The van der Waals surface area contributed by atoms with Crippen LogP contribution in [-0.2, 0) is 9.47 Å². The van der Waals surface area contributed by atoms with E-state index in [2.05, 4.69) is 6.92 Å². The number of aliphatic hydroxyl groups excluding tert-OH is 1. The molecule has 3 atom stereocenters. The van der Waals surface area contributed by atoms with Crippen LogP contribution in [-0.4, -0.2) is 30.1 Å². The van der Waals surface area contributed by atoms with E-state index in [9.17, 15) is 4.79 Å². The highest BCUT2D eigenvalue weighted by Crippen LogP contribution is 2.25. The van der Waals surface area contributed by atoms with Gasteiger partial charge in [0, 0.05) is 0 Å². The Hall–Kier alpha value is -0.770. The molecular formula is C11H20O4. The van der Waals surface area contributed by atoms with Crippen LogP contribution < -0.4 is 0 Å². The predicted octanol–water partition coefficient (Wildman–Crippen LogP) is 2.10. The monoisotopic (exact) mass is 216 g/mol. The first kappa shape index (κ1) is 12.3. The lowest BCUT2D eigenvalue weighted by molar-refractivity contribution is -0.0122. The van der Waals surface area contributed by atoms with Crippen molar-refractivity contribution < 1.29 is 19.4 Å². The van der Waals surface area contributed by atoms with E-state index >= 15 is 0 Å². The standard InChI is InChI=1S/C11H20O4/c1-8-4-3-5-10(6-8)15-11(13)14-7-9(2)12/h8-10,12H,3-7H2,1-2H3. The maximum absolute atomic E-state index is 11.2. The van der Waals surface area contributed by atoms with Gasteiger partial charge in [0.25, 0.3) is 0 Å². The summed E-state index contributed by atoms with van der Waals surface area (Å²) in [7, 11) is 0. The summed E-state index contributed by atoms with van der Waals surface area (Å²) in [5.41, 5.74) is 0. The van der Waals surface area contributed by atoms with Crippen LogP contribution in [0.25, 0.3) is 0 Å². The average molecular weight is 216 g/mol. The van der Waals surface area contributed by atoms with Crippen molar-refractivity contribution in [3.05, 3.63) is 0 Å². The first-order chi connectivity index (χ1) is 7.08. The molecule has 0 aromatic carbocycles. The van der Waals surface area contributed by atoms with Gasteiger partial charge in [-0.25, -0.2) is 4.79 Å². The number of hydrogen-bond donors (Lipinski definition) is 1. The van der Waals surface area contributed by atoms with Gasteiger partial charge in [-0.2, -0.15) is 0 Å². The fourth-order valence-corrected chi connectivity index (χ4v) is 1.84. The molecule has 1 rings (SSSR count). The Labute approximate surface area is 90.6 Å². The fourth-order valence-electron chi connectivity index (χ4n) is 1.84. The summed E-state index contributed by atoms with van der Waals surface area (Å²) < 4.78 is 9.87. The van der Waals surface area contributed by atoms with Crippen molar-refractivity contribution in [2.45, 2.75) is 51.7 Å². The van der Waals surface area contributed by atoms with E-state index in [1.807, 2.05) is 0 Å². The van der Waals surface area contributed by atoms with Gasteiger partial charge in [0.05, 0.1) is 6.10 Å². The zero-order valence-corrected chi connectivity index (χ0v) is 9.44. The average Bonchev–Trinajstić information content (AvgIpc) is 2.15. The molecule has 4 nitrogen and oxygen atoms in total. The van der Waals surface area contributed by atoms with Crippen LogP contribution in [0.3, 0.4) is 0 Å². The van der Waals surface area contributed by atoms with Crippen molar-refractivity contribution in [2.24, 2.45) is 5.92 Å². The Balaban J connectivity index is 2.19. The second-order valence-corrected chi connectivity index (χ2v) is 4.42. The minimum Gasteiger partial charge on any atom is -0.432 e. The summed E-state index contributed by atoms with van der Waals surface area (Å²) in [6.45, 7) is 3.73. The zero-order chi connectivity index (χ0) is 11.3. The molecule has 0 aromatic rings. The third-order valence-corrected chi connectivity index (χ3v) is 2.59. The van der Waals surface area contributed by atoms with E-state index in [1.54, 1.807) is 6.92 Å². The maximum Gasteiger partial charge on any atom is 0.508 e. The van der Waals surface area contributed by atoms with Crippen LogP contribution in [0, 0.1) is 5.92 Å². The Morgan fingerprint density at radius 2 is 2.27 bits per heavy atom. The van der Waals surface area contributed by atoms with Gasteiger partial charge in [-0.15, -0.1) is 0 Å². The quantitative estimate of drug-likeness (QED) is 0.734. The van der Waals surface area contributed by atoms with Gasteiger partial charge in [0.1, 0.15) is 12.7 Å². The second-order valence-electron chi connectivity index (χ2n) is 4.42. The predicted molar refractivity (Wildman–Crippen MR) is 55.5 cm³/mol. The van der Waals surface area contributed by atoms with E-state index in [4.69, 9.17) is 14.6 Å². The highest BCUT2D eigenvalue weighted by atomic mass is 16.7. The molecule has 1 aliphatic carbocycles. The van der Waals surface area contributed by atoms with E-state index in [-0.39, 0.29) is 12.7 Å². The molecule has 0 heterocycles. The van der Waals surface area contributed by atoms with Crippen molar-refractivity contribution >= 4 is 6.16 Å². The molecule has 0 aliphatic heterocycles. The Morgan fingerprint density at radius 3 is 2.87 bits per heavy atom. The molecule has 0 radical (unpaired) electrons. The van der Waals surface area contributed by atoms with Crippen molar-refractivity contribution in [1.29, 1.82) is 0 Å². The number of hydrogen-bond acceptors (Lipinski definition) is 4. The molecule has 0 aromatic heterocycles. The largest absolute Gasteiger partial charge is 0.508 e. The van der Waals surface area contributed by atoms with Crippen LogP contribution in [0.5, 0.6) is 0 Å². The zero-order valence-electron chi connectivity index (χ0n) is 9.44. The Morgan fingerprint density at radius 1 is 1.53 bits per heavy atom. The van der Waals surface area contributed by atoms with Crippen molar-refractivity contribution in [3.8, 4) is 0 Å². The minimum atomic E-state index is -0.657. The Kier molecular flexibility index (Phi) is 4.88. The number of rotatable bonds is 3. The first-order valence-electron chi connectivity index (χ1n) is 5.59. The van der Waals surface area contributed by atoms with Gasteiger partial charge in [-0.05, 0) is 32.1 Å². The highest BCUT2D eigenvalue weighted by molar-refractivity contribution is 5.60. The van der Waals surface area contributed by atoms with Crippen molar-refractivity contribution in [2.75, 3.05) is 6.61 Å². The molecule has 88 valence electrons. The first-order valence-corrected chi connectivity index (χ1v) is 5.59. The normalized spacial score (nSPS) is 28.2. The lowest BCUT2D eigenvalue weighted by Crippen LogP contribution is -2.26. The molecule has 3 unspecified atom stereocenters. The lowest BCUT2D eigenvalue weighted by Gasteiger charge is -2.26. The summed E-state index contributed by atoms with van der Waals surface area (Å²) in [4.78, 5) is 11.2. The molecule has 4 heteroatoms. The number of aliphatic hydroxyl groups is 1. The summed E-state index contributed by atoms with van der Waals surface area (Å²) in [6, 6.07) is 0. The minimum absolute atomic E-state index is 0.00110. The van der Waals surface area contributed by atoms with E-state index in [0.717, 1.165) is 19.3 Å². The molecule has 1 N–H and O–H groups in total. The fraction of sp³-hybridized carbons (Fsp3) is 0.909. The van der Waals surface area contributed by atoms with Crippen LogP contribution in [0.1, 0.15) is 39.5 Å². The van der Waals surface area contributed by atoms with E-state index in [1.165, 1.54) is 6.42 Å². The van der Waals surface area contributed by atoms with Crippen molar-refractivity contribution in [3.63, 3.8) is 0 Å². The van der Waals surface area contributed by atoms with Gasteiger partial charge < -0.3 is 14.6 Å². The van der Waals surface area contributed by atoms with Crippen LogP contribution in [0.4, 0.5) is 4.79 Å². The van der Waals surface area contributed by atoms with Crippen LogP contribution >= 0.6 is 0 Å². The van der Waals surface area contributed by atoms with E-state index in [0.29, 0.717) is 5.92 Å². The van der Waals surface area contributed by atoms with Gasteiger partial charge >= 0.3 is 6.16 Å².